The van der Waals surface area contributed by atoms with E-state index in [1.54, 1.807) is 6.07 Å². The van der Waals surface area contributed by atoms with Crippen LogP contribution in [-0.4, -0.2) is 11.5 Å². The van der Waals surface area contributed by atoms with Crippen LogP contribution in [0.3, 0.4) is 0 Å². The molecule has 0 saturated carbocycles. The number of alkyl halides is 3. The topological polar surface area (TPSA) is 12.5 Å². The van der Waals surface area contributed by atoms with Gasteiger partial charge >= 0.3 is 6.18 Å². The first-order chi connectivity index (χ1) is 11.4. The predicted octanol–water partition coefficient (Wildman–Crippen LogP) is 5.27. The van der Waals surface area contributed by atoms with Crippen molar-refractivity contribution < 1.29 is 17.9 Å². The van der Waals surface area contributed by atoms with Gasteiger partial charge in [-0.15, -0.1) is 0 Å². The van der Waals surface area contributed by atoms with E-state index < -0.39 is 11.7 Å². The Morgan fingerprint density at radius 2 is 1.96 bits per heavy atom. The standard InChI is InChI=1S/C18H17ClF3NO/c1-2-24-17-5-3-4-13-10-23(11-14(13)17)9-12-6-7-16(19)15(8-12)18(20,21)22/h3-8H,2,9-11H2,1H3. The number of ether oxygens (including phenoxy) is 1. The summed E-state index contributed by atoms with van der Waals surface area (Å²) >= 11 is 5.68. The summed E-state index contributed by atoms with van der Waals surface area (Å²) in [5, 5.41) is -0.269. The Morgan fingerprint density at radius 1 is 1.17 bits per heavy atom. The molecule has 0 aliphatic carbocycles. The Morgan fingerprint density at radius 3 is 2.67 bits per heavy atom. The van der Waals surface area contributed by atoms with Crippen molar-refractivity contribution in [2.24, 2.45) is 0 Å². The maximum atomic E-state index is 13.0. The molecule has 3 rings (SSSR count). The molecule has 24 heavy (non-hydrogen) atoms. The molecule has 0 aromatic heterocycles. The smallest absolute Gasteiger partial charge is 0.417 e. The minimum absolute atomic E-state index is 0.269. The lowest BCUT2D eigenvalue weighted by Crippen LogP contribution is -2.16. The van der Waals surface area contributed by atoms with Gasteiger partial charge in [0.1, 0.15) is 5.75 Å². The number of benzene rings is 2. The zero-order valence-electron chi connectivity index (χ0n) is 13.2. The van der Waals surface area contributed by atoms with Crippen molar-refractivity contribution in [3.05, 3.63) is 63.7 Å². The van der Waals surface area contributed by atoms with Crippen LogP contribution >= 0.6 is 11.6 Å². The molecule has 6 heteroatoms. The lowest BCUT2D eigenvalue weighted by molar-refractivity contribution is -0.137. The van der Waals surface area contributed by atoms with Gasteiger partial charge in [-0.3, -0.25) is 4.90 Å². The minimum atomic E-state index is -4.44. The summed E-state index contributed by atoms with van der Waals surface area (Å²) in [6, 6.07) is 9.99. The first-order valence-electron chi connectivity index (χ1n) is 7.70. The third-order valence-corrected chi connectivity index (χ3v) is 4.38. The molecule has 0 bridgehead atoms. The van der Waals surface area contributed by atoms with Crippen molar-refractivity contribution in [1.82, 2.24) is 4.90 Å². The second kappa shape index (κ2) is 6.65. The second-order valence-corrected chi connectivity index (χ2v) is 6.19. The molecule has 0 unspecified atom stereocenters. The molecule has 2 nitrogen and oxygen atoms in total. The zero-order chi connectivity index (χ0) is 17.3. The Hall–Kier alpha value is -1.72. The first-order valence-corrected chi connectivity index (χ1v) is 8.08. The lowest BCUT2D eigenvalue weighted by Gasteiger charge is -2.17. The molecule has 2 aromatic carbocycles. The number of hydrogen-bond acceptors (Lipinski definition) is 2. The van der Waals surface area contributed by atoms with Gasteiger partial charge in [0.25, 0.3) is 0 Å². The van der Waals surface area contributed by atoms with E-state index >= 15 is 0 Å². The van der Waals surface area contributed by atoms with E-state index in [1.807, 2.05) is 25.1 Å². The average Bonchev–Trinajstić information content (AvgIpc) is 2.92. The highest BCUT2D eigenvalue weighted by Gasteiger charge is 2.33. The van der Waals surface area contributed by atoms with E-state index in [1.165, 1.54) is 6.07 Å². The minimum Gasteiger partial charge on any atom is -0.494 e. The molecule has 1 aliphatic heterocycles. The van der Waals surface area contributed by atoms with Gasteiger partial charge in [0.15, 0.2) is 0 Å². The maximum Gasteiger partial charge on any atom is 0.417 e. The van der Waals surface area contributed by atoms with Crippen LogP contribution in [0.25, 0.3) is 0 Å². The van der Waals surface area contributed by atoms with Crippen LogP contribution in [0.15, 0.2) is 36.4 Å². The average molecular weight is 356 g/mol. The predicted molar refractivity (Wildman–Crippen MR) is 87.0 cm³/mol. The first kappa shape index (κ1) is 17.1. The third kappa shape index (κ3) is 3.52. The van der Waals surface area contributed by atoms with Gasteiger partial charge in [-0.2, -0.15) is 13.2 Å². The molecule has 0 radical (unpaired) electrons. The highest BCUT2D eigenvalue weighted by Crippen LogP contribution is 2.36. The lowest BCUT2D eigenvalue weighted by atomic mass is 10.1. The number of fused-ring (bicyclic) bond motifs is 1. The molecule has 1 heterocycles. The Bertz CT molecular complexity index is 746. The summed E-state index contributed by atoms with van der Waals surface area (Å²) in [4.78, 5) is 2.09. The number of halogens is 4. The van der Waals surface area contributed by atoms with E-state index in [0.29, 0.717) is 31.8 Å². The highest BCUT2D eigenvalue weighted by atomic mass is 35.5. The summed E-state index contributed by atoms with van der Waals surface area (Å²) in [6.45, 7) is 4.30. The maximum absolute atomic E-state index is 13.0. The van der Waals surface area contributed by atoms with Gasteiger partial charge < -0.3 is 4.74 Å². The summed E-state index contributed by atoms with van der Waals surface area (Å²) in [5.74, 6) is 0.851. The van der Waals surface area contributed by atoms with Crippen molar-refractivity contribution in [3.8, 4) is 5.75 Å². The molecular weight excluding hydrogens is 339 g/mol. The molecule has 2 aromatic rings. The quantitative estimate of drug-likeness (QED) is 0.740. The van der Waals surface area contributed by atoms with Crippen molar-refractivity contribution in [2.75, 3.05) is 6.61 Å². The van der Waals surface area contributed by atoms with Gasteiger partial charge in [-0.1, -0.05) is 29.8 Å². The van der Waals surface area contributed by atoms with Gasteiger partial charge in [-0.05, 0) is 36.2 Å². The Labute approximate surface area is 143 Å². The normalized spacial score (nSPS) is 14.7. The summed E-state index contributed by atoms with van der Waals surface area (Å²) in [6.07, 6.45) is -4.44. The Kier molecular flexibility index (Phi) is 4.74. The van der Waals surface area contributed by atoms with E-state index in [0.717, 1.165) is 22.9 Å². The van der Waals surface area contributed by atoms with Crippen LogP contribution in [0.2, 0.25) is 5.02 Å². The molecule has 128 valence electrons. The van der Waals surface area contributed by atoms with E-state index in [9.17, 15) is 13.2 Å². The summed E-state index contributed by atoms with van der Waals surface area (Å²) in [5.41, 5.74) is 2.08. The summed E-state index contributed by atoms with van der Waals surface area (Å²) in [7, 11) is 0. The molecule has 0 N–H and O–H groups in total. The van der Waals surface area contributed by atoms with Gasteiger partial charge in [0, 0.05) is 25.2 Å². The fraction of sp³-hybridized carbons (Fsp3) is 0.333. The largest absolute Gasteiger partial charge is 0.494 e. The molecule has 1 aliphatic rings. The molecule has 0 amide bonds. The molecule has 0 saturated heterocycles. The van der Waals surface area contributed by atoms with Crippen LogP contribution in [0, 0.1) is 0 Å². The van der Waals surface area contributed by atoms with Gasteiger partial charge in [0.2, 0.25) is 0 Å². The van der Waals surface area contributed by atoms with Crippen molar-refractivity contribution in [1.29, 1.82) is 0 Å². The number of hydrogen-bond donors (Lipinski definition) is 0. The van der Waals surface area contributed by atoms with Crippen LogP contribution in [0.1, 0.15) is 29.2 Å². The zero-order valence-corrected chi connectivity index (χ0v) is 13.9. The van der Waals surface area contributed by atoms with Gasteiger partial charge in [-0.25, -0.2) is 0 Å². The fourth-order valence-corrected chi connectivity index (χ4v) is 3.23. The van der Waals surface area contributed by atoms with Crippen LogP contribution in [-0.2, 0) is 25.8 Å². The van der Waals surface area contributed by atoms with E-state index in [-0.39, 0.29) is 5.02 Å². The van der Waals surface area contributed by atoms with Crippen LogP contribution in [0.4, 0.5) is 13.2 Å². The molecule has 0 atom stereocenters. The van der Waals surface area contributed by atoms with E-state index in [4.69, 9.17) is 16.3 Å². The number of rotatable bonds is 4. The van der Waals surface area contributed by atoms with E-state index in [2.05, 4.69) is 4.90 Å². The Balaban J connectivity index is 1.78. The van der Waals surface area contributed by atoms with Crippen molar-refractivity contribution >= 4 is 11.6 Å². The van der Waals surface area contributed by atoms with Crippen molar-refractivity contribution in [3.63, 3.8) is 0 Å². The van der Waals surface area contributed by atoms with Crippen LogP contribution in [0.5, 0.6) is 5.75 Å². The number of nitrogens with zero attached hydrogens (tertiary/aromatic N) is 1. The summed E-state index contributed by atoms with van der Waals surface area (Å²) < 4.78 is 44.6. The molecule has 0 spiro atoms. The molecule has 0 fully saturated rings. The van der Waals surface area contributed by atoms with Crippen molar-refractivity contribution in [2.45, 2.75) is 32.7 Å². The highest BCUT2D eigenvalue weighted by molar-refractivity contribution is 6.31. The van der Waals surface area contributed by atoms with Crippen LogP contribution < -0.4 is 4.74 Å². The second-order valence-electron chi connectivity index (χ2n) is 5.78. The fourth-order valence-electron chi connectivity index (χ4n) is 3.01. The SMILES string of the molecule is CCOc1cccc2c1CN(Cc1ccc(Cl)c(C(F)(F)F)c1)C2. The third-order valence-electron chi connectivity index (χ3n) is 4.05. The van der Waals surface area contributed by atoms with Gasteiger partial charge in [0.05, 0.1) is 17.2 Å². The monoisotopic (exact) mass is 355 g/mol. The molecular formula is C18H17ClF3NO.